The van der Waals surface area contributed by atoms with E-state index in [9.17, 15) is 0 Å². The molecule has 1 saturated heterocycles. The summed E-state index contributed by atoms with van der Waals surface area (Å²) in [7, 11) is 0. The van der Waals surface area contributed by atoms with Crippen LogP contribution in [0.1, 0.15) is 33.1 Å². The molecule has 88 valence electrons. The van der Waals surface area contributed by atoms with Crippen molar-refractivity contribution in [3.05, 3.63) is 0 Å². The van der Waals surface area contributed by atoms with Crippen molar-refractivity contribution in [1.29, 1.82) is 0 Å². The summed E-state index contributed by atoms with van der Waals surface area (Å²) < 4.78 is 5.22. The molecular formula is C12H23NOS. The molecule has 15 heavy (non-hydrogen) atoms. The third-order valence-corrected chi connectivity index (χ3v) is 5.35. The Kier molecular flexibility index (Phi) is 3.97. The summed E-state index contributed by atoms with van der Waals surface area (Å²) >= 11 is 2.09. The van der Waals surface area contributed by atoms with E-state index >= 15 is 0 Å². The molecule has 1 heterocycles. The van der Waals surface area contributed by atoms with Gasteiger partial charge in [-0.25, -0.2) is 0 Å². The lowest BCUT2D eigenvalue weighted by Crippen LogP contribution is -2.43. The highest BCUT2D eigenvalue weighted by molar-refractivity contribution is 8.00. The van der Waals surface area contributed by atoms with Gasteiger partial charge in [0.25, 0.3) is 0 Å². The topological polar surface area (TPSA) is 35.2 Å². The van der Waals surface area contributed by atoms with E-state index < -0.39 is 0 Å². The fraction of sp³-hybridized carbons (Fsp3) is 1.00. The first kappa shape index (κ1) is 11.7. The highest BCUT2D eigenvalue weighted by atomic mass is 32.2. The molecule has 2 fully saturated rings. The van der Waals surface area contributed by atoms with Crippen LogP contribution in [0.15, 0.2) is 0 Å². The largest absolute Gasteiger partial charge is 0.379 e. The third-order valence-electron chi connectivity index (χ3n) is 3.80. The van der Waals surface area contributed by atoms with Crippen LogP contribution in [0.2, 0.25) is 0 Å². The van der Waals surface area contributed by atoms with E-state index in [2.05, 4.69) is 25.6 Å². The Bertz CT molecular complexity index is 206. The maximum atomic E-state index is 6.21. The molecule has 1 saturated carbocycles. The summed E-state index contributed by atoms with van der Waals surface area (Å²) in [4.78, 5) is 0. The van der Waals surface area contributed by atoms with Crippen molar-refractivity contribution in [2.24, 2.45) is 17.6 Å². The van der Waals surface area contributed by atoms with Crippen LogP contribution in [0.25, 0.3) is 0 Å². The number of hydrogen-bond acceptors (Lipinski definition) is 3. The van der Waals surface area contributed by atoms with Crippen LogP contribution in [0, 0.1) is 11.8 Å². The fourth-order valence-corrected chi connectivity index (χ4v) is 4.03. The Labute approximate surface area is 97.3 Å². The summed E-state index contributed by atoms with van der Waals surface area (Å²) in [5, 5.41) is 1.41. The van der Waals surface area contributed by atoms with Gasteiger partial charge in [-0.15, -0.1) is 11.8 Å². The molecule has 2 aliphatic rings. The maximum absolute atomic E-state index is 6.21. The smallest absolute Gasteiger partial charge is 0.0608 e. The average Bonchev–Trinajstić information content (AvgIpc) is 2.13. The van der Waals surface area contributed by atoms with Gasteiger partial charge in [0.05, 0.1) is 18.5 Å². The molecule has 2 rings (SSSR count). The van der Waals surface area contributed by atoms with Crippen LogP contribution in [0.3, 0.4) is 0 Å². The van der Waals surface area contributed by atoms with Crippen molar-refractivity contribution < 1.29 is 4.74 Å². The Balaban J connectivity index is 1.84. The number of hydrogen-bond donors (Lipinski definition) is 1. The van der Waals surface area contributed by atoms with Crippen molar-refractivity contribution in [3.8, 4) is 0 Å². The van der Waals surface area contributed by atoms with Gasteiger partial charge in [-0.1, -0.05) is 13.8 Å². The molecule has 2 nitrogen and oxygen atoms in total. The zero-order valence-corrected chi connectivity index (χ0v) is 10.6. The van der Waals surface area contributed by atoms with Gasteiger partial charge in [0.15, 0.2) is 0 Å². The quantitative estimate of drug-likeness (QED) is 0.806. The van der Waals surface area contributed by atoms with E-state index in [1.165, 1.54) is 19.3 Å². The number of rotatable bonds is 3. The van der Waals surface area contributed by atoms with Crippen LogP contribution < -0.4 is 5.73 Å². The Hall–Kier alpha value is 0.270. The second-order valence-electron chi connectivity index (χ2n) is 5.32. The van der Waals surface area contributed by atoms with E-state index in [0.717, 1.165) is 30.3 Å². The lowest BCUT2D eigenvalue weighted by molar-refractivity contribution is 0.0450. The summed E-state index contributed by atoms with van der Waals surface area (Å²) in [5.41, 5.74) is 6.21. The molecule has 2 N–H and O–H groups in total. The Morgan fingerprint density at radius 1 is 1.27 bits per heavy atom. The molecule has 3 atom stereocenters. The second-order valence-corrected chi connectivity index (χ2v) is 6.86. The van der Waals surface area contributed by atoms with Gasteiger partial charge < -0.3 is 10.5 Å². The molecule has 0 radical (unpaired) electrons. The van der Waals surface area contributed by atoms with Gasteiger partial charge >= 0.3 is 0 Å². The minimum atomic E-state index is 0.422. The second kappa shape index (κ2) is 5.07. The van der Waals surface area contributed by atoms with Crippen LogP contribution in [-0.2, 0) is 4.74 Å². The molecule has 0 spiro atoms. The molecule has 1 aliphatic heterocycles. The van der Waals surface area contributed by atoms with E-state index in [-0.39, 0.29) is 0 Å². The summed E-state index contributed by atoms with van der Waals surface area (Å²) in [5.74, 6) is 1.71. The van der Waals surface area contributed by atoms with Crippen molar-refractivity contribution in [1.82, 2.24) is 0 Å². The number of thioether (sulfide) groups is 1. The van der Waals surface area contributed by atoms with Gasteiger partial charge in [0.2, 0.25) is 0 Å². The monoisotopic (exact) mass is 229 g/mol. The summed E-state index contributed by atoms with van der Waals surface area (Å²) in [6.07, 6.45) is 3.87. The van der Waals surface area contributed by atoms with Crippen LogP contribution in [0.5, 0.6) is 0 Å². The first-order valence-corrected chi connectivity index (χ1v) is 7.10. The highest BCUT2D eigenvalue weighted by Gasteiger charge is 2.33. The van der Waals surface area contributed by atoms with Crippen molar-refractivity contribution in [2.45, 2.75) is 49.7 Å². The fourth-order valence-electron chi connectivity index (χ4n) is 2.49. The molecule has 1 aliphatic carbocycles. The normalized spacial score (nSPS) is 38.0. The lowest BCUT2D eigenvalue weighted by Gasteiger charge is -2.39. The SMILES string of the molecule is CC(C)C1CCC(N)C(SC2COC2)C1. The van der Waals surface area contributed by atoms with Gasteiger partial charge in [0, 0.05) is 11.3 Å². The van der Waals surface area contributed by atoms with Gasteiger partial charge in [-0.05, 0) is 31.1 Å². The zero-order valence-electron chi connectivity index (χ0n) is 9.82. The van der Waals surface area contributed by atoms with Gasteiger partial charge in [0.1, 0.15) is 0 Å². The predicted octanol–water partition coefficient (Wildman–Crippen LogP) is 2.27. The van der Waals surface area contributed by atoms with E-state index in [1.807, 2.05) is 0 Å². The molecular weight excluding hydrogens is 206 g/mol. The molecule has 0 amide bonds. The number of ether oxygens (including phenoxy) is 1. The van der Waals surface area contributed by atoms with Crippen LogP contribution in [-0.4, -0.2) is 29.8 Å². The molecule has 0 aromatic rings. The first-order valence-electron chi connectivity index (χ1n) is 6.15. The van der Waals surface area contributed by atoms with Crippen molar-refractivity contribution in [2.75, 3.05) is 13.2 Å². The zero-order chi connectivity index (χ0) is 10.8. The molecule has 3 unspecified atom stereocenters. The van der Waals surface area contributed by atoms with E-state index in [0.29, 0.717) is 11.3 Å². The molecule has 3 heteroatoms. The van der Waals surface area contributed by atoms with Gasteiger partial charge in [-0.2, -0.15) is 0 Å². The standard InChI is InChI=1S/C12H23NOS/c1-8(2)9-3-4-11(13)12(5-9)15-10-6-14-7-10/h8-12H,3-7,13H2,1-2H3. The van der Waals surface area contributed by atoms with Crippen molar-refractivity contribution >= 4 is 11.8 Å². The first-order chi connectivity index (χ1) is 7.16. The Morgan fingerprint density at radius 3 is 2.53 bits per heavy atom. The summed E-state index contributed by atoms with van der Waals surface area (Å²) in [6, 6.07) is 0.422. The van der Waals surface area contributed by atoms with Crippen LogP contribution >= 0.6 is 11.8 Å². The lowest BCUT2D eigenvalue weighted by atomic mass is 9.79. The summed E-state index contributed by atoms with van der Waals surface area (Å²) in [6.45, 7) is 6.58. The maximum Gasteiger partial charge on any atom is 0.0608 e. The van der Waals surface area contributed by atoms with Crippen molar-refractivity contribution in [3.63, 3.8) is 0 Å². The minimum absolute atomic E-state index is 0.422. The molecule has 0 aromatic carbocycles. The van der Waals surface area contributed by atoms with Gasteiger partial charge in [-0.3, -0.25) is 0 Å². The average molecular weight is 229 g/mol. The Morgan fingerprint density at radius 2 is 2.00 bits per heavy atom. The minimum Gasteiger partial charge on any atom is -0.379 e. The highest BCUT2D eigenvalue weighted by Crippen LogP contribution is 2.38. The van der Waals surface area contributed by atoms with Crippen LogP contribution in [0.4, 0.5) is 0 Å². The molecule has 0 bridgehead atoms. The number of nitrogens with two attached hydrogens (primary N) is 1. The third kappa shape index (κ3) is 2.89. The molecule has 0 aromatic heterocycles. The van der Waals surface area contributed by atoms with E-state index in [1.54, 1.807) is 0 Å². The predicted molar refractivity (Wildman–Crippen MR) is 66.1 cm³/mol. The van der Waals surface area contributed by atoms with E-state index in [4.69, 9.17) is 10.5 Å².